The van der Waals surface area contributed by atoms with Crippen LogP contribution in [0, 0.1) is 5.82 Å². The number of halogens is 2. The average Bonchev–Trinajstić information content (AvgIpc) is 2.50. The van der Waals surface area contributed by atoms with E-state index in [0.29, 0.717) is 15.9 Å². The topological polar surface area (TPSA) is 38.3 Å². The van der Waals surface area contributed by atoms with Crippen molar-refractivity contribution in [3.63, 3.8) is 0 Å². The molecule has 0 aliphatic heterocycles. The Bertz CT molecular complexity index is 681. The van der Waals surface area contributed by atoms with Crippen LogP contribution in [-0.2, 0) is 4.79 Å². The second-order valence-corrected chi connectivity index (χ2v) is 6.29. The van der Waals surface area contributed by atoms with E-state index in [2.05, 4.69) is 21.2 Å². The fourth-order valence-electron chi connectivity index (χ4n) is 1.76. The zero-order valence-corrected chi connectivity index (χ0v) is 14.5. The molecular formula is C16H15BrFNO2S. The minimum atomic E-state index is -0.709. The van der Waals surface area contributed by atoms with Gasteiger partial charge in [0.25, 0.3) is 5.91 Å². The molecule has 6 heteroatoms. The lowest BCUT2D eigenvalue weighted by atomic mass is 10.3. The summed E-state index contributed by atoms with van der Waals surface area (Å²) < 4.78 is 19.1. The molecule has 0 aromatic heterocycles. The van der Waals surface area contributed by atoms with Gasteiger partial charge < -0.3 is 10.1 Å². The molecule has 0 aliphatic rings. The Labute approximate surface area is 141 Å². The van der Waals surface area contributed by atoms with E-state index in [1.54, 1.807) is 18.7 Å². The molecule has 1 unspecified atom stereocenters. The summed E-state index contributed by atoms with van der Waals surface area (Å²) in [6.45, 7) is 1.64. The summed E-state index contributed by atoms with van der Waals surface area (Å²) in [5.41, 5.74) is 0.713. The maximum atomic E-state index is 13.0. The van der Waals surface area contributed by atoms with Crippen molar-refractivity contribution in [2.75, 3.05) is 11.6 Å². The number of nitrogens with one attached hydrogen (secondary N) is 1. The fraction of sp³-hybridized carbons (Fsp3) is 0.188. The number of anilines is 1. The molecule has 2 aromatic rings. The standard InChI is InChI=1S/C16H15BrFNO2S/c1-10(21-15-7-6-11(18)8-14(15)17)16(20)19-12-4-3-5-13(9-12)22-2/h3-10H,1-2H3,(H,19,20). The summed E-state index contributed by atoms with van der Waals surface area (Å²) in [7, 11) is 0. The SMILES string of the molecule is CSc1cccc(NC(=O)C(C)Oc2ccc(F)cc2Br)c1. The van der Waals surface area contributed by atoms with Crippen molar-refractivity contribution in [2.45, 2.75) is 17.9 Å². The van der Waals surface area contributed by atoms with Crippen LogP contribution < -0.4 is 10.1 Å². The Hall–Kier alpha value is -1.53. The molecular weight excluding hydrogens is 369 g/mol. The third-order valence-corrected chi connectivity index (χ3v) is 4.25. The number of benzene rings is 2. The largest absolute Gasteiger partial charge is 0.480 e. The van der Waals surface area contributed by atoms with Crippen molar-refractivity contribution in [3.05, 3.63) is 52.8 Å². The number of hydrogen-bond donors (Lipinski definition) is 1. The number of ether oxygens (including phenoxy) is 1. The van der Waals surface area contributed by atoms with Crippen molar-refractivity contribution in [2.24, 2.45) is 0 Å². The lowest BCUT2D eigenvalue weighted by Crippen LogP contribution is -2.30. The zero-order chi connectivity index (χ0) is 16.1. The minimum Gasteiger partial charge on any atom is -0.480 e. The third kappa shape index (κ3) is 4.48. The highest BCUT2D eigenvalue weighted by Gasteiger charge is 2.16. The van der Waals surface area contributed by atoms with Gasteiger partial charge in [-0.1, -0.05) is 6.07 Å². The van der Waals surface area contributed by atoms with Crippen LogP contribution in [0.3, 0.4) is 0 Å². The summed E-state index contributed by atoms with van der Waals surface area (Å²) in [5.74, 6) is -0.221. The normalized spacial score (nSPS) is 11.8. The fourth-order valence-corrected chi connectivity index (χ4v) is 2.66. The molecule has 1 amide bonds. The molecule has 116 valence electrons. The van der Waals surface area contributed by atoms with E-state index >= 15 is 0 Å². The van der Waals surface area contributed by atoms with Gasteiger partial charge >= 0.3 is 0 Å². The van der Waals surface area contributed by atoms with E-state index in [1.807, 2.05) is 30.5 Å². The van der Waals surface area contributed by atoms with E-state index in [0.717, 1.165) is 4.90 Å². The maximum Gasteiger partial charge on any atom is 0.265 e. The number of amides is 1. The Balaban J connectivity index is 2.02. The van der Waals surface area contributed by atoms with Crippen molar-refractivity contribution in [1.82, 2.24) is 0 Å². The molecule has 22 heavy (non-hydrogen) atoms. The van der Waals surface area contributed by atoms with E-state index in [4.69, 9.17) is 4.74 Å². The predicted molar refractivity (Wildman–Crippen MR) is 91.0 cm³/mol. The van der Waals surface area contributed by atoms with Gasteiger partial charge in [0.05, 0.1) is 4.47 Å². The van der Waals surface area contributed by atoms with Crippen LogP contribution >= 0.6 is 27.7 Å². The maximum absolute atomic E-state index is 13.0. The van der Waals surface area contributed by atoms with Crippen molar-refractivity contribution < 1.29 is 13.9 Å². The van der Waals surface area contributed by atoms with Gasteiger partial charge in [-0.15, -0.1) is 11.8 Å². The van der Waals surface area contributed by atoms with Crippen molar-refractivity contribution >= 4 is 39.3 Å². The van der Waals surface area contributed by atoms with Crippen LogP contribution in [0.2, 0.25) is 0 Å². The van der Waals surface area contributed by atoms with E-state index in [-0.39, 0.29) is 11.7 Å². The molecule has 0 aliphatic carbocycles. The van der Waals surface area contributed by atoms with Gasteiger partial charge in [0.15, 0.2) is 6.10 Å². The first-order valence-electron chi connectivity index (χ1n) is 6.56. The van der Waals surface area contributed by atoms with Crippen LogP contribution in [0.1, 0.15) is 6.92 Å². The van der Waals surface area contributed by atoms with Crippen LogP contribution in [0.25, 0.3) is 0 Å². The predicted octanol–water partition coefficient (Wildman–Crippen LogP) is 4.72. The molecule has 1 atom stereocenters. The number of rotatable bonds is 5. The summed E-state index contributed by atoms with van der Waals surface area (Å²) in [6.07, 6.45) is 1.26. The van der Waals surface area contributed by atoms with Gasteiger partial charge in [-0.05, 0) is 65.5 Å². The molecule has 0 spiro atoms. The van der Waals surface area contributed by atoms with Crippen LogP contribution in [0.4, 0.5) is 10.1 Å². The number of hydrogen-bond acceptors (Lipinski definition) is 3. The van der Waals surface area contributed by atoms with Crippen molar-refractivity contribution in [3.8, 4) is 5.75 Å². The second-order valence-electron chi connectivity index (χ2n) is 4.56. The molecule has 0 heterocycles. The molecule has 0 bridgehead atoms. The molecule has 3 nitrogen and oxygen atoms in total. The highest BCUT2D eigenvalue weighted by molar-refractivity contribution is 9.10. The first-order chi connectivity index (χ1) is 10.5. The Morgan fingerprint density at radius 3 is 2.77 bits per heavy atom. The first kappa shape index (κ1) is 16.8. The zero-order valence-electron chi connectivity index (χ0n) is 12.1. The first-order valence-corrected chi connectivity index (χ1v) is 8.58. The van der Waals surface area contributed by atoms with Gasteiger partial charge in [-0.25, -0.2) is 4.39 Å². The van der Waals surface area contributed by atoms with Crippen molar-refractivity contribution in [1.29, 1.82) is 0 Å². The molecule has 0 radical (unpaired) electrons. The Morgan fingerprint density at radius 1 is 1.32 bits per heavy atom. The van der Waals surface area contributed by atoms with Crippen LogP contribution in [0.15, 0.2) is 51.8 Å². The molecule has 0 saturated carbocycles. The molecule has 0 saturated heterocycles. The van der Waals surface area contributed by atoms with Gasteiger partial charge in [0.1, 0.15) is 11.6 Å². The highest BCUT2D eigenvalue weighted by Crippen LogP contribution is 2.26. The highest BCUT2D eigenvalue weighted by atomic mass is 79.9. The Morgan fingerprint density at radius 2 is 2.09 bits per heavy atom. The van der Waals surface area contributed by atoms with E-state index in [9.17, 15) is 9.18 Å². The average molecular weight is 384 g/mol. The lowest BCUT2D eigenvalue weighted by molar-refractivity contribution is -0.122. The summed E-state index contributed by atoms with van der Waals surface area (Å²) in [5, 5.41) is 2.80. The van der Waals surface area contributed by atoms with Gasteiger partial charge in [-0.2, -0.15) is 0 Å². The van der Waals surface area contributed by atoms with Crippen LogP contribution in [0.5, 0.6) is 5.75 Å². The summed E-state index contributed by atoms with van der Waals surface area (Å²) in [4.78, 5) is 13.2. The number of carbonyl (C=O) groups is 1. The molecule has 2 rings (SSSR count). The van der Waals surface area contributed by atoms with Gasteiger partial charge in [-0.3, -0.25) is 4.79 Å². The van der Waals surface area contributed by atoms with Gasteiger partial charge in [0.2, 0.25) is 0 Å². The minimum absolute atomic E-state index is 0.269. The third-order valence-electron chi connectivity index (χ3n) is 2.90. The molecule has 0 fully saturated rings. The van der Waals surface area contributed by atoms with E-state index in [1.165, 1.54) is 18.2 Å². The molecule has 1 N–H and O–H groups in total. The number of carbonyl (C=O) groups excluding carboxylic acids is 1. The van der Waals surface area contributed by atoms with E-state index < -0.39 is 6.10 Å². The molecule has 2 aromatic carbocycles. The van der Waals surface area contributed by atoms with Gasteiger partial charge in [0, 0.05) is 10.6 Å². The monoisotopic (exact) mass is 383 g/mol. The summed E-state index contributed by atoms with van der Waals surface area (Å²) >= 11 is 4.81. The Kier molecular flexibility index (Phi) is 5.85. The lowest BCUT2D eigenvalue weighted by Gasteiger charge is -2.16. The number of thioether (sulfide) groups is 1. The van der Waals surface area contributed by atoms with Crippen LogP contribution in [-0.4, -0.2) is 18.3 Å². The summed E-state index contributed by atoms with van der Waals surface area (Å²) in [6, 6.07) is 11.6. The smallest absolute Gasteiger partial charge is 0.265 e. The quantitative estimate of drug-likeness (QED) is 0.759. The second kappa shape index (κ2) is 7.65.